The Morgan fingerprint density at radius 3 is 2.48 bits per heavy atom. The first-order chi connectivity index (χ1) is 12.0. The summed E-state index contributed by atoms with van der Waals surface area (Å²) in [6, 6.07) is 14.1. The Kier molecular flexibility index (Phi) is 6.83. The highest BCUT2D eigenvalue weighted by atomic mass is 35.5. The van der Waals surface area contributed by atoms with Gasteiger partial charge in [-0.1, -0.05) is 24.6 Å². The molecule has 132 valence electrons. The molecule has 0 aliphatic carbocycles. The molecule has 0 radical (unpaired) electrons. The highest BCUT2D eigenvalue weighted by Crippen LogP contribution is 2.14. The second-order valence-electron chi connectivity index (χ2n) is 5.77. The number of carbonyl (C=O) groups is 2. The molecule has 1 unspecified atom stereocenters. The fourth-order valence-corrected chi connectivity index (χ4v) is 2.23. The maximum absolute atomic E-state index is 12.1. The van der Waals surface area contributed by atoms with Gasteiger partial charge < -0.3 is 16.0 Å². The van der Waals surface area contributed by atoms with Gasteiger partial charge in [-0.2, -0.15) is 0 Å². The van der Waals surface area contributed by atoms with Gasteiger partial charge >= 0.3 is 0 Å². The van der Waals surface area contributed by atoms with Crippen molar-refractivity contribution in [2.45, 2.75) is 26.3 Å². The molecule has 2 aromatic rings. The molecule has 6 heteroatoms. The third-order valence-corrected chi connectivity index (χ3v) is 3.95. The standard InChI is InChI=1S/C19H22ClN3O2/c1-3-13(2)22-19(25)14-5-4-6-17(11-14)23-18(24)12-21-16-9-7-15(20)8-10-16/h4-11,13,21H,3,12H2,1-2H3,(H,22,25)(H,23,24). The van der Waals surface area contributed by atoms with Crippen LogP contribution < -0.4 is 16.0 Å². The molecule has 2 aromatic carbocycles. The van der Waals surface area contributed by atoms with Crippen LogP contribution >= 0.6 is 11.6 Å². The van der Waals surface area contributed by atoms with E-state index in [2.05, 4.69) is 16.0 Å². The van der Waals surface area contributed by atoms with E-state index in [0.29, 0.717) is 16.3 Å². The second kappa shape index (κ2) is 9.08. The lowest BCUT2D eigenvalue weighted by molar-refractivity contribution is -0.114. The molecule has 0 bridgehead atoms. The fourth-order valence-electron chi connectivity index (χ4n) is 2.10. The van der Waals surface area contributed by atoms with Gasteiger partial charge in [0.15, 0.2) is 0 Å². The van der Waals surface area contributed by atoms with Crippen LogP contribution in [-0.4, -0.2) is 24.4 Å². The van der Waals surface area contributed by atoms with Crippen molar-refractivity contribution in [2.24, 2.45) is 0 Å². The first-order valence-electron chi connectivity index (χ1n) is 8.18. The van der Waals surface area contributed by atoms with Crippen molar-refractivity contribution < 1.29 is 9.59 Å². The number of carbonyl (C=O) groups excluding carboxylic acids is 2. The van der Waals surface area contributed by atoms with Crippen LogP contribution in [0.3, 0.4) is 0 Å². The number of hydrogen-bond donors (Lipinski definition) is 3. The van der Waals surface area contributed by atoms with Crippen molar-refractivity contribution in [2.75, 3.05) is 17.2 Å². The SMILES string of the molecule is CCC(C)NC(=O)c1cccc(NC(=O)CNc2ccc(Cl)cc2)c1. The van der Waals surface area contributed by atoms with Gasteiger partial charge in [-0.15, -0.1) is 0 Å². The van der Waals surface area contributed by atoms with Crippen molar-refractivity contribution in [3.8, 4) is 0 Å². The van der Waals surface area contributed by atoms with Gasteiger partial charge in [0.1, 0.15) is 0 Å². The van der Waals surface area contributed by atoms with Crippen LogP contribution in [0.5, 0.6) is 0 Å². The van der Waals surface area contributed by atoms with Crippen LogP contribution in [0, 0.1) is 0 Å². The maximum atomic E-state index is 12.1. The molecule has 0 aliphatic heterocycles. The molecule has 5 nitrogen and oxygen atoms in total. The van der Waals surface area contributed by atoms with Crippen LogP contribution in [0.1, 0.15) is 30.6 Å². The summed E-state index contributed by atoms with van der Waals surface area (Å²) in [5.41, 5.74) is 1.91. The summed E-state index contributed by atoms with van der Waals surface area (Å²) in [6.07, 6.45) is 0.860. The normalized spacial score (nSPS) is 11.5. The van der Waals surface area contributed by atoms with Crippen molar-refractivity contribution in [1.29, 1.82) is 0 Å². The van der Waals surface area contributed by atoms with Gasteiger partial charge in [0.2, 0.25) is 5.91 Å². The molecule has 2 rings (SSSR count). The topological polar surface area (TPSA) is 70.2 Å². The monoisotopic (exact) mass is 359 g/mol. The first-order valence-corrected chi connectivity index (χ1v) is 8.56. The molecule has 0 aromatic heterocycles. The highest BCUT2D eigenvalue weighted by Gasteiger charge is 2.10. The Bertz CT molecular complexity index is 732. The summed E-state index contributed by atoms with van der Waals surface area (Å²) in [5, 5.41) is 9.34. The van der Waals surface area contributed by atoms with Gasteiger partial charge in [0.05, 0.1) is 6.54 Å². The van der Waals surface area contributed by atoms with Gasteiger partial charge in [-0.25, -0.2) is 0 Å². The Labute approximate surface area is 152 Å². The van der Waals surface area contributed by atoms with E-state index < -0.39 is 0 Å². The molecule has 1 atom stereocenters. The van der Waals surface area contributed by atoms with E-state index >= 15 is 0 Å². The lowest BCUT2D eigenvalue weighted by Gasteiger charge is -2.12. The van der Waals surface area contributed by atoms with Crippen molar-refractivity contribution in [1.82, 2.24) is 5.32 Å². The van der Waals surface area contributed by atoms with Crippen LogP contribution in [-0.2, 0) is 4.79 Å². The second-order valence-corrected chi connectivity index (χ2v) is 6.21. The number of halogens is 1. The van der Waals surface area contributed by atoms with Crippen LogP contribution in [0.2, 0.25) is 5.02 Å². The predicted octanol–water partition coefficient (Wildman–Crippen LogP) is 3.92. The minimum Gasteiger partial charge on any atom is -0.376 e. The van der Waals surface area contributed by atoms with Gasteiger partial charge in [0, 0.05) is 28.0 Å². The van der Waals surface area contributed by atoms with Crippen molar-refractivity contribution in [3.05, 3.63) is 59.1 Å². The van der Waals surface area contributed by atoms with E-state index in [9.17, 15) is 9.59 Å². The maximum Gasteiger partial charge on any atom is 0.251 e. The average Bonchev–Trinajstić information content (AvgIpc) is 2.61. The summed E-state index contributed by atoms with van der Waals surface area (Å²) >= 11 is 5.82. The van der Waals surface area contributed by atoms with Gasteiger partial charge in [-0.3, -0.25) is 9.59 Å². The number of anilines is 2. The molecule has 3 N–H and O–H groups in total. The molecule has 2 amide bonds. The minimum absolute atomic E-state index is 0.106. The predicted molar refractivity (Wildman–Crippen MR) is 102 cm³/mol. The van der Waals surface area contributed by atoms with Crippen molar-refractivity contribution >= 4 is 34.8 Å². The fraction of sp³-hybridized carbons (Fsp3) is 0.263. The van der Waals surface area contributed by atoms with E-state index in [0.717, 1.165) is 12.1 Å². The average molecular weight is 360 g/mol. The number of amides is 2. The molecule has 0 fully saturated rings. The van der Waals surface area contributed by atoms with Gasteiger partial charge in [0.25, 0.3) is 5.91 Å². The molecular formula is C19H22ClN3O2. The Morgan fingerprint density at radius 1 is 1.08 bits per heavy atom. The Morgan fingerprint density at radius 2 is 1.80 bits per heavy atom. The quantitative estimate of drug-likeness (QED) is 0.701. The minimum atomic E-state index is -0.200. The Balaban J connectivity index is 1.91. The largest absolute Gasteiger partial charge is 0.376 e. The molecule has 0 saturated heterocycles. The third-order valence-electron chi connectivity index (χ3n) is 3.70. The lowest BCUT2D eigenvalue weighted by Crippen LogP contribution is -2.32. The highest BCUT2D eigenvalue weighted by molar-refractivity contribution is 6.30. The summed E-state index contributed by atoms with van der Waals surface area (Å²) in [4.78, 5) is 24.2. The number of hydrogen-bond acceptors (Lipinski definition) is 3. The van der Waals surface area contributed by atoms with Crippen LogP contribution in [0.15, 0.2) is 48.5 Å². The third kappa shape index (κ3) is 6.12. The number of benzene rings is 2. The summed E-state index contributed by atoms with van der Waals surface area (Å²) in [5.74, 6) is -0.348. The molecule has 0 spiro atoms. The van der Waals surface area contributed by atoms with E-state index in [4.69, 9.17) is 11.6 Å². The first kappa shape index (κ1) is 18.8. The van der Waals surface area contributed by atoms with E-state index in [1.54, 1.807) is 48.5 Å². The smallest absolute Gasteiger partial charge is 0.251 e. The van der Waals surface area contributed by atoms with E-state index in [1.807, 2.05) is 13.8 Å². The molecule has 25 heavy (non-hydrogen) atoms. The summed E-state index contributed by atoms with van der Waals surface area (Å²) in [6.45, 7) is 4.08. The van der Waals surface area contributed by atoms with Crippen molar-refractivity contribution in [3.63, 3.8) is 0 Å². The zero-order chi connectivity index (χ0) is 18.2. The summed E-state index contributed by atoms with van der Waals surface area (Å²) < 4.78 is 0. The zero-order valence-electron chi connectivity index (χ0n) is 14.3. The lowest BCUT2D eigenvalue weighted by atomic mass is 10.1. The van der Waals surface area contributed by atoms with Crippen LogP contribution in [0.4, 0.5) is 11.4 Å². The van der Waals surface area contributed by atoms with E-state index in [1.165, 1.54) is 0 Å². The number of nitrogens with one attached hydrogen (secondary N) is 3. The van der Waals surface area contributed by atoms with E-state index in [-0.39, 0.29) is 24.4 Å². The number of rotatable bonds is 7. The van der Waals surface area contributed by atoms with Crippen LogP contribution in [0.25, 0.3) is 0 Å². The molecule has 0 heterocycles. The zero-order valence-corrected chi connectivity index (χ0v) is 15.1. The molecule has 0 aliphatic rings. The van der Waals surface area contributed by atoms with Gasteiger partial charge in [-0.05, 0) is 55.8 Å². The molecule has 0 saturated carbocycles. The summed E-state index contributed by atoms with van der Waals surface area (Å²) in [7, 11) is 0. The Hall–Kier alpha value is -2.53. The molecular weight excluding hydrogens is 338 g/mol.